The molecule has 0 unspecified atom stereocenters. The highest BCUT2D eigenvalue weighted by Crippen LogP contribution is 2.28. The van der Waals surface area contributed by atoms with Gasteiger partial charge in [-0.15, -0.1) is 0 Å². The average Bonchev–Trinajstić information content (AvgIpc) is 2.90. The third kappa shape index (κ3) is 3.75. The first kappa shape index (κ1) is 15.8. The van der Waals surface area contributed by atoms with Crippen LogP contribution in [0.25, 0.3) is 0 Å². The summed E-state index contributed by atoms with van der Waals surface area (Å²) in [6.45, 7) is 1.31. The van der Waals surface area contributed by atoms with Gasteiger partial charge < -0.3 is 18.9 Å². The van der Waals surface area contributed by atoms with Crippen molar-refractivity contribution in [2.24, 2.45) is 0 Å². The fourth-order valence-corrected chi connectivity index (χ4v) is 1.92. The molecular formula is C15H16O7. The van der Waals surface area contributed by atoms with Crippen molar-refractivity contribution < 1.29 is 33.3 Å². The maximum absolute atomic E-state index is 11.6. The van der Waals surface area contributed by atoms with Gasteiger partial charge in [-0.25, -0.2) is 9.59 Å². The fourth-order valence-electron chi connectivity index (χ4n) is 1.92. The molecule has 0 aromatic heterocycles. The minimum Gasteiger partial charge on any atom is -0.493 e. The third-order valence-corrected chi connectivity index (χ3v) is 3.08. The summed E-state index contributed by atoms with van der Waals surface area (Å²) in [6.07, 6.45) is -0.514. The molecule has 7 heteroatoms. The Labute approximate surface area is 127 Å². The summed E-state index contributed by atoms with van der Waals surface area (Å²) in [5.74, 6) is -0.693. The Morgan fingerprint density at radius 1 is 1.32 bits per heavy atom. The van der Waals surface area contributed by atoms with E-state index in [0.717, 1.165) is 0 Å². The van der Waals surface area contributed by atoms with E-state index in [1.165, 1.54) is 26.2 Å². The molecule has 1 atom stereocenters. The molecular weight excluding hydrogens is 292 g/mol. The zero-order valence-corrected chi connectivity index (χ0v) is 12.3. The molecule has 0 amide bonds. The summed E-state index contributed by atoms with van der Waals surface area (Å²) in [5, 5.41) is 0. The molecule has 0 N–H and O–H groups in total. The number of carbonyl (C=O) groups excluding carboxylic acids is 3. The Kier molecular flexibility index (Phi) is 4.98. The van der Waals surface area contributed by atoms with Crippen LogP contribution in [0.3, 0.4) is 0 Å². The molecule has 0 aliphatic carbocycles. The van der Waals surface area contributed by atoms with E-state index in [9.17, 15) is 14.4 Å². The molecule has 1 heterocycles. The molecule has 1 fully saturated rings. The molecule has 1 aromatic rings. The van der Waals surface area contributed by atoms with Crippen molar-refractivity contribution in [1.29, 1.82) is 0 Å². The van der Waals surface area contributed by atoms with Crippen LogP contribution in [-0.4, -0.2) is 44.1 Å². The lowest BCUT2D eigenvalue weighted by Gasteiger charge is -2.12. The SMILES string of the molecule is COc1cc(C(C)=O)ccc1OCC(=O)O[C@H]1CCOC1=O. The van der Waals surface area contributed by atoms with Crippen LogP contribution in [0, 0.1) is 0 Å². The Bertz CT molecular complexity index is 594. The number of hydrogen-bond acceptors (Lipinski definition) is 7. The van der Waals surface area contributed by atoms with E-state index < -0.39 is 18.0 Å². The molecule has 7 nitrogen and oxygen atoms in total. The monoisotopic (exact) mass is 308 g/mol. The topological polar surface area (TPSA) is 88.1 Å². The molecule has 1 aromatic carbocycles. The van der Waals surface area contributed by atoms with Gasteiger partial charge in [0.05, 0.1) is 13.7 Å². The van der Waals surface area contributed by atoms with E-state index in [1.54, 1.807) is 6.07 Å². The number of benzene rings is 1. The molecule has 118 valence electrons. The van der Waals surface area contributed by atoms with E-state index in [-0.39, 0.29) is 19.0 Å². The van der Waals surface area contributed by atoms with Crippen LogP contribution in [0.2, 0.25) is 0 Å². The second-order valence-electron chi connectivity index (χ2n) is 4.65. The van der Waals surface area contributed by atoms with Crippen LogP contribution >= 0.6 is 0 Å². The number of esters is 2. The number of methoxy groups -OCH3 is 1. The molecule has 2 rings (SSSR count). The van der Waals surface area contributed by atoms with Crippen LogP contribution in [0.1, 0.15) is 23.7 Å². The molecule has 0 saturated carbocycles. The molecule has 22 heavy (non-hydrogen) atoms. The standard InChI is InChI=1S/C15H16O7/c1-9(16)10-3-4-11(13(7-10)19-2)21-8-14(17)22-12-5-6-20-15(12)18/h3-4,7,12H,5-6,8H2,1-2H3/t12-/m0/s1. The molecule has 0 spiro atoms. The lowest BCUT2D eigenvalue weighted by molar-refractivity contribution is -0.161. The summed E-state index contributed by atoms with van der Waals surface area (Å²) >= 11 is 0. The van der Waals surface area contributed by atoms with Gasteiger partial charge in [-0.3, -0.25) is 4.79 Å². The van der Waals surface area contributed by atoms with Crippen molar-refractivity contribution in [1.82, 2.24) is 0 Å². The van der Waals surface area contributed by atoms with Crippen molar-refractivity contribution in [3.05, 3.63) is 23.8 Å². The normalized spacial score (nSPS) is 16.8. The first-order valence-corrected chi connectivity index (χ1v) is 6.69. The minimum absolute atomic E-state index is 0.107. The van der Waals surface area contributed by atoms with Gasteiger partial charge in [0.25, 0.3) is 0 Å². The maximum Gasteiger partial charge on any atom is 0.347 e. The van der Waals surface area contributed by atoms with E-state index in [2.05, 4.69) is 0 Å². The van der Waals surface area contributed by atoms with E-state index in [0.29, 0.717) is 23.5 Å². The second kappa shape index (κ2) is 6.93. The number of cyclic esters (lactones) is 1. The first-order valence-electron chi connectivity index (χ1n) is 6.69. The predicted octanol–water partition coefficient (Wildman–Crippen LogP) is 1.14. The first-order chi connectivity index (χ1) is 10.5. The summed E-state index contributed by atoms with van der Waals surface area (Å²) in [6, 6.07) is 4.63. The predicted molar refractivity (Wildman–Crippen MR) is 73.9 cm³/mol. The molecule has 0 bridgehead atoms. The van der Waals surface area contributed by atoms with Gasteiger partial charge in [-0.2, -0.15) is 0 Å². The van der Waals surface area contributed by atoms with Crippen LogP contribution < -0.4 is 9.47 Å². The number of rotatable bonds is 6. The van der Waals surface area contributed by atoms with Crippen LogP contribution in [0.5, 0.6) is 11.5 Å². The van der Waals surface area contributed by atoms with Crippen LogP contribution in [-0.2, 0) is 19.1 Å². The molecule has 0 radical (unpaired) electrons. The fraction of sp³-hybridized carbons (Fsp3) is 0.400. The van der Waals surface area contributed by atoms with Gasteiger partial charge in [-0.1, -0.05) is 0 Å². The third-order valence-electron chi connectivity index (χ3n) is 3.08. The Morgan fingerprint density at radius 2 is 2.09 bits per heavy atom. The van der Waals surface area contributed by atoms with Crippen LogP contribution in [0.15, 0.2) is 18.2 Å². The number of Topliss-reactive ketones (excluding diaryl/α,β-unsaturated/α-hetero) is 1. The lowest BCUT2D eigenvalue weighted by atomic mass is 10.1. The van der Waals surface area contributed by atoms with Crippen molar-refractivity contribution in [2.75, 3.05) is 20.3 Å². The zero-order valence-electron chi connectivity index (χ0n) is 12.3. The Hall–Kier alpha value is -2.57. The van der Waals surface area contributed by atoms with Gasteiger partial charge >= 0.3 is 11.9 Å². The van der Waals surface area contributed by atoms with Crippen molar-refractivity contribution in [3.8, 4) is 11.5 Å². The van der Waals surface area contributed by atoms with E-state index >= 15 is 0 Å². The van der Waals surface area contributed by atoms with Gasteiger partial charge in [0.1, 0.15) is 0 Å². The van der Waals surface area contributed by atoms with E-state index in [4.69, 9.17) is 18.9 Å². The average molecular weight is 308 g/mol. The van der Waals surface area contributed by atoms with Gasteiger partial charge in [0.2, 0.25) is 6.10 Å². The maximum atomic E-state index is 11.6. The molecule has 1 aliphatic heterocycles. The highest BCUT2D eigenvalue weighted by atomic mass is 16.6. The summed E-state index contributed by atoms with van der Waals surface area (Å²) in [5.41, 5.74) is 0.473. The summed E-state index contributed by atoms with van der Waals surface area (Å²) in [4.78, 5) is 34.1. The van der Waals surface area contributed by atoms with Gasteiger partial charge in [0.15, 0.2) is 23.9 Å². The lowest BCUT2D eigenvalue weighted by Crippen LogP contribution is -2.26. The van der Waals surface area contributed by atoms with Crippen molar-refractivity contribution in [2.45, 2.75) is 19.4 Å². The zero-order chi connectivity index (χ0) is 16.1. The highest BCUT2D eigenvalue weighted by Gasteiger charge is 2.30. The second-order valence-corrected chi connectivity index (χ2v) is 4.65. The quantitative estimate of drug-likeness (QED) is 0.575. The number of ether oxygens (including phenoxy) is 4. The highest BCUT2D eigenvalue weighted by molar-refractivity contribution is 5.94. The summed E-state index contributed by atoms with van der Waals surface area (Å²) < 4.78 is 20.1. The van der Waals surface area contributed by atoms with Gasteiger partial charge in [0, 0.05) is 12.0 Å². The minimum atomic E-state index is -0.863. The Balaban J connectivity index is 1.94. The number of ketones is 1. The van der Waals surface area contributed by atoms with Gasteiger partial charge in [-0.05, 0) is 25.1 Å². The number of carbonyl (C=O) groups is 3. The van der Waals surface area contributed by atoms with Crippen molar-refractivity contribution >= 4 is 17.7 Å². The van der Waals surface area contributed by atoms with E-state index in [1.807, 2.05) is 0 Å². The molecule has 1 aliphatic rings. The van der Waals surface area contributed by atoms with Crippen LogP contribution in [0.4, 0.5) is 0 Å². The Morgan fingerprint density at radius 3 is 2.68 bits per heavy atom. The smallest absolute Gasteiger partial charge is 0.347 e. The number of hydrogen-bond donors (Lipinski definition) is 0. The molecule has 1 saturated heterocycles. The summed E-state index contributed by atoms with van der Waals surface area (Å²) in [7, 11) is 1.43. The largest absolute Gasteiger partial charge is 0.493 e. The van der Waals surface area contributed by atoms with Crippen molar-refractivity contribution in [3.63, 3.8) is 0 Å².